The van der Waals surface area contributed by atoms with Gasteiger partial charge < -0.3 is 5.32 Å². The lowest BCUT2D eigenvalue weighted by atomic mass is 10.2. The Balaban J connectivity index is 2.42. The van der Waals surface area contributed by atoms with Crippen molar-refractivity contribution < 1.29 is 4.79 Å². The minimum absolute atomic E-state index is 0.0536. The third kappa shape index (κ3) is 5.00. The molecule has 0 saturated carbocycles. The number of carbonyl (C=O) groups is 1. The predicted octanol–water partition coefficient (Wildman–Crippen LogP) is 2.67. The Kier molecular flexibility index (Phi) is 5.70. The standard InChI is InChI=1S/C14H22N2O/c1-4-5-10-16(3)11-14(17)15-13-9-7-6-8-12(13)2/h6-9H,4-5,10-11H2,1-3H3,(H,15,17). The van der Waals surface area contributed by atoms with E-state index < -0.39 is 0 Å². The van der Waals surface area contributed by atoms with E-state index in [0.29, 0.717) is 6.54 Å². The maximum atomic E-state index is 11.8. The van der Waals surface area contributed by atoms with Crippen LogP contribution in [0.5, 0.6) is 0 Å². The molecule has 0 unspecified atom stereocenters. The number of para-hydroxylation sites is 1. The van der Waals surface area contributed by atoms with Crippen LogP contribution in [0.25, 0.3) is 0 Å². The van der Waals surface area contributed by atoms with Gasteiger partial charge in [0, 0.05) is 5.69 Å². The highest BCUT2D eigenvalue weighted by atomic mass is 16.2. The number of likely N-dealkylation sites (N-methyl/N-ethyl adjacent to an activating group) is 1. The molecule has 1 amide bonds. The molecule has 0 fully saturated rings. The first-order chi connectivity index (χ1) is 8.13. The molecule has 0 bridgehead atoms. The number of nitrogens with one attached hydrogen (secondary N) is 1. The first-order valence-corrected chi connectivity index (χ1v) is 6.17. The summed E-state index contributed by atoms with van der Waals surface area (Å²) in [7, 11) is 1.98. The second-order valence-electron chi connectivity index (χ2n) is 4.45. The summed E-state index contributed by atoms with van der Waals surface area (Å²) in [5.74, 6) is 0.0536. The summed E-state index contributed by atoms with van der Waals surface area (Å²) in [6, 6.07) is 7.83. The zero-order valence-electron chi connectivity index (χ0n) is 11.0. The van der Waals surface area contributed by atoms with Crippen LogP contribution in [-0.4, -0.2) is 30.9 Å². The lowest BCUT2D eigenvalue weighted by Gasteiger charge is -2.16. The van der Waals surface area contributed by atoms with Crippen molar-refractivity contribution in [3.8, 4) is 0 Å². The Hall–Kier alpha value is -1.35. The average Bonchev–Trinajstić information content (AvgIpc) is 2.29. The molecule has 3 nitrogen and oxygen atoms in total. The number of benzene rings is 1. The Bertz CT molecular complexity index is 363. The van der Waals surface area contributed by atoms with Crippen molar-refractivity contribution in [1.29, 1.82) is 0 Å². The lowest BCUT2D eigenvalue weighted by molar-refractivity contribution is -0.117. The molecule has 0 aromatic heterocycles. The highest BCUT2D eigenvalue weighted by molar-refractivity contribution is 5.92. The molecule has 94 valence electrons. The molecular formula is C14H22N2O. The molecule has 1 N–H and O–H groups in total. The zero-order chi connectivity index (χ0) is 12.7. The highest BCUT2D eigenvalue weighted by Crippen LogP contribution is 2.12. The maximum Gasteiger partial charge on any atom is 0.238 e. The van der Waals surface area contributed by atoms with Gasteiger partial charge in [-0.2, -0.15) is 0 Å². The second kappa shape index (κ2) is 7.07. The fraction of sp³-hybridized carbons (Fsp3) is 0.500. The number of carbonyl (C=O) groups excluding carboxylic acids is 1. The Labute approximate surface area is 104 Å². The predicted molar refractivity (Wildman–Crippen MR) is 72.2 cm³/mol. The van der Waals surface area contributed by atoms with Gasteiger partial charge in [-0.3, -0.25) is 9.69 Å². The van der Waals surface area contributed by atoms with Gasteiger partial charge in [0.1, 0.15) is 0 Å². The molecule has 0 atom stereocenters. The van der Waals surface area contributed by atoms with Crippen LogP contribution in [-0.2, 0) is 4.79 Å². The summed E-state index contributed by atoms with van der Waals surface area (Å²) in [5, 5.41) is 2.94. The van der Waals surface area contributed by atoms with Crippen LogP contribution >= 0.6 is 0 Å². The van der Waals surface area contributed by atoms with Crippen molar-refractivity contribution >= 4 is 11.6 Å². The van der Waals surface area contributed by atoms with Gasteiger partial charge in [-0.05, 0) is 38.6 Å². The Morgan fingerprint density at radius 1 is 1.35 bits per heavy atom. The molecule has 1 aromatic carbocycles. The summed E-state index contributed by atoms with van der Waals surface area (Å²) in [5.41, 5.74) is 2.00. The van der Waals surface area contributed by atoms with E-state index in [-0.39, 0.29) is 5.91 Å². The van der Waals surface area contributed by atoms with E-state index in [1.165, 1.54) is 0 Å². The average molecular weight is 234 g/mol. The van der Waals surface area contributed by atoms with Gasteiger partial charge in [-0.25, -0.2) is 0 Å². The monoisotopic (exact) mass is 234 g/mol. The molecule has 0 radical (unpaired) electrons. The van der Waals surface area contributed by atoms with Crippen LogP contribution in [0.15, 0.2) is 24.3 Å². The van der Waals surface area contributed by atoms with E-state index in [1.54, 1.807) is 0 Å². The number of hydrogen-bond acceptors (Lipinski definition) is 2. The maximum absolute atomic E-state index is 11.8. The first-order valence-electron chi connectivity index (χ1n) is 6.17. The number of unbranched alkanes of at least 4 members (excludes halogenated alkanes) is 1. The number of nitrogens with zero attached hydrogens (tertiary/aromatic N) is 1. The van der Waals surface area contributed by atoms with Crippen LogP contribution in [0.4, 0.5) is 5.69 Å². The SMILES string of the molecule is CCCCN(C)CC(=O)Nc1ccccc1C. The fourth-order valence-electron chi connectivity index (χ4n) is 1.66. The van der Waals surface area contributed by atoms with Crippen LogP contribution in [0.2, 0.25) is 0 Å². The number of anilines is 1. The molecule has 3 heteroatoms. The lowest BCUT2D eigenvalue weighted by Crippen LogP contribution is -2.31. The smallest absolute Gasteiger partial charge is 0.238 e. The van der Waals surface area contributed by atoms with Gasteiger partial charge in [-0.15, -0.1) is 0 Å². The summed E-state index contributed by atoms with van der Waals surface area (Å²) < 4.78 is 0. The highest BCUT2D eigenvalue weighted by Gasteiger charge is 2.07. The van der Waals surface area contributed by atoms with E-state index in [9.17, 15) is 4.79 Å². The molecule has 0 aliphatic rings. The fourth-order valence-corrected chi connectivity index (χ4v) is 1.66. The van der Waals surface area contributed by atoms with E-state index in [0.717, 1.165) is 30.6 Å². The summed E-state index contributed by atoms with van der Waals surface area (Å²) in [6.45, 7) is 5.57. The van der Waals surface area contributed by atoms with Gasteiger partial charge in [0.25, 0.3) is 0 Å². The molecular weight excluding hydrogens is 212 g/mol. The second-order valence-corrected chi connectivity index (χ2v) is 4.45. The normalized spacial score (nSPS) is 10.6. The first kappa shape index (κ1) is 13.7. The van der Waals surface area contributed by atoms with E-state index in [1.807, 2.05) is 38.2 Å². The van der Waals surface area contributed by atoms with Crippen molar-refractivity contribution in [1.82, 2.24) is 4.90 Å². The minimum atomic E-state index is 0.0536. The van der Waals surface area contributed by atoms with E-state index in [4.69, 9.17) is 0 Å². The van der Waals surface area contributed by atoms with Crippen molar-refractivity contribution in [2.45, 2.75) is 26.7 Å². The molecule has 0 aliphatic carbocycles. The van der Waals surface area contributed by atoms with Crippen LogP contribution in [0, 0.1) is 6.92 Å². The van der Waals surface area contributed by atoms with E-state index in [2.05, 4.69) is 17.1 Å². The number of aryl methyl sites for hydroxylation is 1. The Morgan fingerprint density at radius 2 is 2.06 bits per heavy atom. The third-order valence-corrected chi connectivity index (χ3v) is 2.73. The van der Waals surface area contributed by atoms with Gasteiger partial charge in [0.15, 0.2) is 0 Å². The molecule has 1 aromatic rings. The summed E-state index contributed by atoms with van der Waals surface area (Å²) in [4.78, 5) is 13.8. The van der Waals surface area contributed by atoms with Gasteiger partial charge >= 0.3 is 0 Å². The molecule has 0 saturated heterocycles. The van der Waals surface area contributed by atoms with Crippen molar-refractivity contribution in [3.63, 3.8) is 0 Å². The van der Waals surface area contributed by atoms with Crippen LogP contribution in [0.1, 0.15) is 25.3 Å². The van der Waals surface area contributed by atoms with Gasteiger partial charge in [0.05, 0.1) is 6.54 Å². The van der Waals surface area contributed by atoms with Gasteiger partial charge in [0.2, 0.25) is 5.91 Å². The van der Waals surface area contributed by atoms with E-state index >= 15 is 0 Å². The largest absolute Gasteiger partial charge is 0.325 e. The molecule has 0 heterocycles. The number of rotatable bonds is 6. The van der Waals surface area contributed by atoms with Crippen LogP contribution < -0.4 is 5.32 Å². The third-order valence-electron chi connectivity index (χ3n) is 2.73. The number of hydrogen-bond donors (Lipinski definition) is 1. The van der Waals surface area contributed by atoms with Crippen LogP contribution in [0.3, 0.4) is 0 Å². The number of amides is 1. The summed E-state index contributed by atoms with van der Waals surface area (Å²) in [6.07, 6.45) is 2.29. The zero-order valence-corrected chi connectivity index (χ0v) is 11.0. The van der Waals surface area contributed by atoms with Crippen molar-refractivity contribution in [2.24, 2.45) is 0 Å². The quantitative estimate of drug-likeness (QED) is 0.820. The van der Waals surface area contributed by atoms with Gasteiger partial charge in [-0.1, -0.05) is 31.5 Å². The Morgan fingerprint density at radius 3 is 2.71 bits per heavy atom. The minimum Gasteiger partial charge on any atom is -0.325 e. The van der Waals surface area contributed by atoms with Crippen molar-refractivity contribution in [3.05, 3.63) is 29.8 Å². The topological polar surface area (TPSA) is 32.3 Å². The molecule has 0 spiro atoms. The molecule has 0 aliphatic heterocycles. The molecule has 1 rings (SSSR count). The molecule has 17 heavy (non-hydrogen) atoms. The van der Waals surface area contributed by atoms with Crippen molar-refractivity contribution in [2.75, 3.05) is 25.5 Å². The summed E-state index contributed by atoms with van der Waals surface area (Å²) >= 11 is 0.